The zero-order chi connectivity index (χ0) is 17.2. The summed E-state index contributed by atoms with van der Waals surface area (Å²) in [5.74, 6) is -1.86. The summed E-state index contributed by atoms with van der Waals surface area (Å²) in [5, 5.41) is 20.5. The van der Waals surface area contributed by atoms with Gasteiger partial charge in [0.1, 0.15) is 0 Å². The summed E-state index contributed by atoms with van der Waals surface area (Å²) in [5.41, 5.74) is 0. The topological polar surface area (TPSA) is 80.3 Å². The Morgan fingerprint density at radius 2 is 0.560 bits per heavy atom. The first-order valence-corrected chi connectivity index (χ1v) is 9.52. The second kappa shape index (κ2) is 24.1. The van der Waals surface area contributed by atoms with Gasteiger partial charge in [-0.1, -0.05) is 83.5 Å². The molecule has 0 amide bonds. The van der Waals surface area contributed by atoms with Crippen molar-refractivity contribution in [1.29, 1.82) is 0 Å². The molecule has 6 heteroatoms. The Hall–Kier alpha value is 0.135. The SMILES string of the molecule is O=C([O-])CCCCCCCCCCCCCCCCCC(=O)[O-].[Li+].[Li+]. The van der Waals surface area contributed by atoms with Crippen LogP contribution >= 0.6 is 0 Å². The first-order chi connectivity index (χ1) is 11.1. The van der Waals surface area contributed by atoms with Gasteiger partial charge < -0.3 is 19.8 Å². The molecular weight excluding hydrogens is 306 g/mol. The standard InChI is InChI=1S/C19H36O4.2Li/c20-18(21)16-14-12-10-8-6-4-2-1-3-5-7-9-11-13-15-17-19(22)23;;/h1-17H2,(H,20,21)(H,22,23);;/q;2*+1/p-2. The van der Waals surface area contributed by atoms with Crippen molar-refractivity contribution in [3.05, 3.63) is 0 Å². The summed E-state index contributed by atoms with van der Waals surface area (Å²) in [6, 6.07) is 0. The van der Waals surface area contributed by atoms with Crippen LogP contribution in [0.1, 0.15) is 109 Å². The van der Waals surface area contributed by atoms with Gasteiger partial charge >= 0.3 is 37.7 Å². The molecule has 0 aromatic heterocycles. The van der Waals surface area contributed by atoms with E-state index < -0.39 is 11.9 Å². The molecule has 0 radical (unpaired) electrons. The Balaban J connectivity index is -0.00000242. The molecular formula is C19H34Li2O4. The molecule has 0 atom stereocenters. The number of hydrogen-bond acceptors (Lipinski definition) is 4. The van der Waals surface area contributed by atoms with E-state index in [-0.39, 0.29) is 50.6 Å². The van der Waals surface area contributed by atoms with Gasteiger partial charge in [0, 0.05) is 11.9 Å². The molecule has 4 nitrogen and oxygen atoms in total. The summed E-state index contributed by atoms with van der Waals surface area (Å²) in [6.45, 7) is 0. The predicted octanol–water partition coefficient (Wildman–Crippen LogP) is -2.87. The van der Waals surface area contributed by atoms with Crippen molar-refractivity contribution in [2.75, 3.05) is 0 Å². The summed E-state index contributed by atoms with van der Waals surface area (Å²) in [7, 11) is 0. The van der Waals surface area contributed by atoms with Gasteiger partial charge in [0.15, 0.2) is 0 Å². The van der Waals surface area contributed by atoms with Crippen molar-refractivity contribution in [3.63, 3.8) is 0 Å². The Bertz CT molecular complexity index is 271. The van der Waals surface area contributed by atoms with E-state index in [4.69, 9.17) is 0 Å². The van der Waals surface area contributed by atoms with E-state index in [2.05, 4.69) is 0 Å². The van der Waals surface area contributed by atoms with Crippen LogP contribution in [0.2, 0.25) is 0 Å². The van der Waals surface area contributed by atoms with Gasteiger partial charge in [-0.2, -0.15) is 0 Å². The molecule has 0 aliphatic rings. The zero-order valence-electron chi connectivity index (χ0n) is 16.7. The predicted molar refractivity (Wildman–Crippen MR) is 88.5 cm³/mol. The van der Waals surface area contributed by atoms with Crippen molar-refractivity contribution in [2.24, 2.45) is 0 Å². The van der Waals surface area contributed by atoms with E-state index in [0.717, 1.165) is 38.5 Å². The maximum Gasteiger partial charge on any atom is 1.00 e. The number of aliphatic carboxylic acids is 2. The minimum atomic E-state index is -0.928. The molecule has 0 spiro atoms. The monoisotopic (exact) mass is 340 g/mol. The largest absolute Gasteiger partial charge is 1.00 e. The molecule has 0 rings (SSSR count). The van der Waals surface area contributed by atoms with Crippen LogP contribution in [0.3, 0.4) is 0 Å². The Morgan fingerprint density at radius 1 is 0.400 bits per heavy atom. The molecule has 0 N–H and O–H groups in total. The van der Waals surface area contributed by atoms with Gasteiger partial charge in [0.25, 0.3) is 0 Å². The van der Waals surface area contributed by atoms with E-state index in [1.165, 1.54) is 57.8 Å². The quantitative estimate of drug-likeness (QED) is 0.198. The first-order valence-electron chi connectivity index (χ1n) is 9.52. The average molecular weight is 340 g/mol. The van der Waals surface area contributed by atoms with Crippen LogP contribution in [0.4, 0.5) is 0 Å². The molecule has 0 bridgehead atoms. The molecule has 0 fully saturated rings. The van der Waals surface area contributed by atoms with Crippen LogP contribution in [0.15, 0.2) is 0 Å². The molecule has 0 aromatic carbocycles. The normalized spacial score (nSPS) is 9.92. The maximum atomic E-state index is 10.2. The molecule has 0 aliphatic heterocycles. The number of hydrogen-bond donors (Lipinski definition) is 0. The van der Waals surface area contributed by atoms with Crippen LogP contribution in [-0.4, -0.2) is 11.9 Å². The van der Waals surface area contributed by atoms with E-state index in [0.29, 0.717) is 0 Å². The molecule has 136 valence electrons. The molecule has 0 saturated heterocycles. The van der Waals surface area contributed by atoms with Gasteiger partial charge in [0.2, 0.25) is 0 Å². The number of unbranched alkanes of at least 4 members (excludes halogenated alkanes) is 14. The zero-order valence-corrected chi connectivity index (χ0v) is 16.7. The molecule has 0 aliphatic carbocycles. The second-order valence-electron chi connectivity index (χ2n) is 6.55. The fraction of sp³-hybridized carbons (Fsp3) is 0.895. The third-order valence-electron chi connectivity index (χ3n) is 4.26. The third kappa shape index (κ3) is 29.2. The molecule has 0 unspecified atom stereocenters. The molecule has 0 aromatic rings. The molecule has 0 saturated carbocycles. The second-order valence-corrected chi connectivity index (χ2v) is 6.55. The van der Waals surface area contributed by atoms with Gasteiger partial charge in [-0.25, -0.2) is 0 Å². The number of carboxylic acids is 2. The number of carbonyl (C=O) groups excluding carboxylic acids is 2. The summed E-state index contributed by atoms with van der Waals surface area (Å²) < 4.78 is 0. The van der Waals surface area contributed by atoms with Crippen molar-refractivity contribution in [1.82, 2.24) is 0 Å². The Morgan fingerprint density at radius 3 is 0.720 bits per heavy atom. The van der Waals surface area contributed by atoms with Crippen molar-refractivity contribution < 1.29 is 57.5 Å². The van der Waals surface area contributed by atoms with E-state index in [1.54, 1.807) is 0 Å². The van der Waals surface area contributed by atoms with Gasteiger partial charge in [-0.3, -0.25) is 0 Å². The van der Waals surface area contributed by atoms with Gasteiger partial charge in [-0.05, 0) is 25.7 Å². The Labute approximate surface area is 178 Å². The third-order valence-corrected chi connectivity index (χ3v) is 4.26. The summed E-state index contributed by atoms with van der Waals surface area (Å²) >= 11 is 0. The van der Waals surface area contributed by atoms with Crippen molar-refractivity contribution in [3.8, 4) is 0 Å². The van der Waals surface area contributed by atoms with E-state index in [1.807, 2.05) is 0 Å². The first kappa shape index (κ1) is 29.9. The average Bonchev–Trinajstić information content (AvgIpc) is 2.49. The van der Waals surface area contributed by atoms with Crippen LogP contribution in [-0.2, 0) is 9.59 Å². The van der Waals surface area contributed by atoms with Crippen LogP contribution in [0.5, 0.6) is 0 Å². The van der Waals surface area contributed by atoms with Gasteiger partial charge in [0.05, 0.1) is 0 Å². The minimum absolute atomic E-state index is 0. The minimum Gasteiger partial charge on any atom is -0.550 e. The fourth-order valence-electron chi connectivity index (χ4n) is 2.84. The fourth-order valence-corrected chi connectivity index (χ4v) is 2.84. The summed E-state index contributed by atoms with van der Waals surface area (Å²) in [4.78, 5) is 20.5. The number of carbonyl (C=O) groups is 2. The van der Waals surface area contributed by atoms with Crippen LogP contribution in [0.25, 0.3) is 0 Å². The van der Waals surface area contributed by atoms with Gasteiger partial charge in [-0.15, -0.1) is 0 Å². The van der Waals surface area contributed by atoms with E-state index in [9.17, 15) is 19.8 Å². The summed E-state index contributed by atoms with van der Waals surface area (Å²) in [6.07, 6.45) is 17.7. The number of rotatable bonds is 18. The van der Waals surface area contributed by atoms with Crippen LogP contribution in [0, 0.1) is 0 Å². The molecule has 25 heavy (non-hydrogen) atoms. The van der Waals surface area contributed by atoms with Crippen LogP contribution < -0.4 is 47.9 Å². The maximum absolute atomic E-state index is 10.2. The Kier molecular flexibility index (Phi) is 28.8. The van der Waals surface area contributed by atoms with Crippen molar-refractivity contribution >= 4 is 11.9 Å². The van der Waals surface area contributed by atoms with Crippen molar-refractivity contribution in [2.45, 2.75) is 109 Å². The van der Waals surface area contributed by atoms with E-state index >= 15 is 0 Å². The molecule has 0 heterocycles. The number of carboxylic acid groups (broad SMARTS) is 2. The smallest absolute Gasteiger partial charge is 0.550 e.